The van der Waals surface area contributed by atoms with Crippen LogP contribution in [0.25, 0.3) is 0 Å². The smallest absolute Gasteiger partial charge is 0.303 e. The number of rotatable bonds is 11. The first-order valence-corrected chi connectivity index (χ1v) is 14.2. The summed E-state index contributed by atoms with van der Waals surface area (Å²) in [6, 6.07) is 24.3. The third-order valence-corrected chi connectivity index (χ3v) is 7.56. The van der Waals surface area contributed by atoms with Crippen LogP contribution in [-0.2, 0) is 30.4 Å². The third kappa shape index (κ3) is 8.24. The Morgan fingerprint density at radius 1 is 0.976 bits per heavy atom. The second-order valence-corrected chi connectivity index (χ2v) is 10.7. The van der Waals surface area contributed by atoms with E-state index in [1.54, 1.807) is 12.1 Å². The van der Waals surface area contributed by atoms with Crippen LogP contribution >= 0.6 is 0 Å². The predicted molar refractivity (Wildman–Crippen MR) is 158 cm³/mol. The molecular weight excluding hydrogens is 536 g/mol. The second kappa shape index (κ2) is 14.5. The lowest BCUT2D eigenvalue weighted by Gasteiger charge is -2.39. The molecule has 1 amide bonds. The van der Waals surface area contributed by atoms with E-state index in [1.165, 1.54) is 13.8 Å². The summed E-state index contributed by atoms with van der Waals surface area (Å²) < 4.78 is 17.8. The molecule has 3 N–H and O–H groups in total. The van der Waals surface area contributed by atoms with Gasteiger partial charge < -0.3 is 29.7 Å². The van der Waals surface area contributed by atoms with Gasteiger partial charge in [0.1, 0.15) is 0 Å². The number of hydrogen-bond donors (Lipinski definition) is 3. The van der Waals surface area contributed by atoms with Crippen LogP contribution in [0.2, 0.25) is 0 Å². The lowest BCUT2D eigenvalue weighted by Crippen LogP contribution is -2.43. The van der Waals surface area contributed by atoms with Crippen LogP contribution in [0.15, 0.2) is 78.9 Å². The summed E-state index contributed by atoms with van der Waals surface area (Å²) in [5.74, 6) is -0.950. The van der Waals surface area contributed by atoms with E-state index in [2.05, 4.69) is 10.2 Å². The normalized spacial score (nSPS) is 20.9. The number of aliphatic hydroxyl groups is 2. The number of hydrogen-bond acceptors (Lipinski definition) is 8. The summed E-state index contributed by atoms with van der Waals surface area (Å²) in [6.45, 7) is 5.30. The zero-order chi connectivity index (χ0) is 30.2. The molecule has 1 heterocycles. The Labute approximate surface area is 247 Å². The molecule has 1 saturated heterocycles. The monoisotopic (exact) mass is 576 g/mol. The molecule has 0 bridgehead atoms. The molecule has 1 aliphatic heterocycles. The first-order valence-electron chi connectivity index (χ1n) is 14.2. The zero-order valence-electron chi connectivity index (χ0n) is 24.5. The summed E-state index contributed by atoms with van der Waals surface area (Å²) >= 11 is 0. The topological polar surface area (TPSA) is 118 Å². The zero-order valence-corrected chi connectivity index (χ0v) is 24.5. The van der Waals surface area contributed by atoms with Crippen molar-refractivity contribution in [1.29, 1.82) is 0 Å². The summed E-state index contributed by atoms with van der Waals surface area (Å²) in [5.41, 5.74) is 3.99. The highest BCUT2D eigenvalue weighted by atomic mass is 16.7. The number of anilines is 1. The first-order chi connectivity index (χ1) is 20.1. The van der Waals surface area contributed by atoms with E-state index in [0.29, 0.717) is 18.7 Å². The van der Waals surface area contributed by atoms with Crippen molar-refractivity contribution in [3.8, 4) is 0 Å². The van der Waals surface area contributed by atoms with Crippen molar-refractivity contribution in [2.24, 2.45) is 0 Å². The maximum absolute atomic E-state index is 12.3. The Balaban J connectivity index is 1.49. The molecule has 4 rings (SSSR count). The van der Waals surface area contributed by atoms with Gasteiger partial charge in [0.2, 0.25) is 0 Å². The molecule has 0 saturated carbocycles. The highest BCUT2D eigenvalue weighted by Crippen LogP contribution is 2.38. The molecular formula is C33H40N2O7. The molecule has 1 aliphatic rings. The molecule has 42 heavy (non-hydrogen) atoms. The van der Waals surface area contributed by atoms with Gasteiger partial charge in [-0.3, -0.25) is 14.5 Å². The fourth-order valence-electron chi connectivity index (χ4n) is 4.96. The largest absolute Gasteiger partial charge is 0.453 e. The molecule has 224 valence electrons. The van der Waals surface area contributed by atoms with Gasteiger partial charge in [0.25, 0.3) is 5.91 Å². The molecule has 3 aromatic carbocycles. The summed E-state index contributed by atoms with van der Waals surface area (Å²) in [6.07, 6.45) is -2.08. The molecule has 0 radical (unpaired) electrons. The number of amides is 1. The van der Waals surface area contributed by atoms with E-state index in [9.17, 15) is 19.8 Å². The summed E-state index contributed by atoms with van der Waals surface area (Å²) in [4.78, 5) is 25.6. The number of likely N-dealkylation sites (N-methyl/N-ethyl adjacent to an activating group) is 1. The highest BCUT2D eigenvalue weighted by Gasteiger charge is 2.34. The van der Waals surface area contributed by atoms with Gasteiger partial charge in [-0.25, -0.2) is 0 Å². The third-order valence-electron chi connectivity index (χ3n) is 7.56. The van der Waals surface area contributed by atoms with Crippen LogP contribution in [-0.4, -0.2) is 58.8 Å². The van der Waals surface area contributed by atoms with E-state index < -0.39 is 30.4 Å². The van der Waals surface area contributed by atoms with Crippen molar-refractivity contribution in [1.82, 2.24) is 4.90 Å². The average molecular weight is 577 g/mol. The number of nitrogens with zero attached hydrogens (tertiary/aromatic N) is 1. The standard InChI is InChI=1S/C33H40N2O7/c1-21(31(38)26-8-6-5-7-9-26)35(4)19-29-18-30(25-12-10-24(20-36)11-13-25)42-33(41-29)27-14-16-28(17-15-27)34-32(39)22(2)40-23(3)37/h5-17,21-22,29-31,33,36,38H,18-20H2,1-4H3,(H,34,39)/t21-,22+,29+,30-,31-,33-/m1/s1. The fourth-order valence-corrected chi connectivity index (χ4v) is 4.96. The maximum atomic E-state index is 12.3. The minimum atomic E-state index is -0.911. The summed E-state index contributed by atoms with van der Waals surface area (Å²) in [5, 5.41) is 23.2. The first kappa shape index (κ1) is 31.3. The van der Waals surface area contributed by atoms with Gasteiger partial charge in [0.15, 0.2) is 12.4 Å². The molecule has 3 aromatic rings. The number of ether oxygens (including phenoxy) is 3. The lowest BCUT2D eigenvalue weighted by molar-refractivity contribution is -0.253. The van der Waals surface area contributed by atoms with E-state index in [4.69, 9.17) is 14.2 Å². The van der Waals surface area contributed by atoms with Gasteiger partial charge in [-0.05, 0) is 49.7 Å². The van der Waals surface area contributed by atoms with Crippen LogP contribution in [0.3, 0.4) is 0 Å². The molecule has 9 heteroatoms. The van der Waals surface area contributed by atoms with Gasteiger partial charge in [0, 0.05) is 37.2 Å². The van der Waals surface area contributed by atoms with Gasteiger partial charge in [-0.1, -0.05) is 66.7 Å². The molecule has 0 unspecified atom stereocenters. The average Bonchev–Trinajstić information content (AvgIpc) is 3.00. The SMILES string of the molecule is CC(=O)O[C@@H](C)C(=O)Nc1ccc([C@@H]2O[C@H](CN(C)[C@H](C)[C@@H](O)c3ccccc3)C[C@H](c3ccc(CO)cc3)O2)cc1. The number of esters is 1. The van der Waals surface area contributed by atoms with Crippen molar-refractivity contribution in [2.75, 3.05) is 18.9 Å². The van der Waals surface area contributed by atoms with Crippen molar-refractivity contribution < 1.29 is 34.0 Å². The Kier molecular flexibility index (Phi) is 10.8. The highest BCUT2D eigenvalue weighted by molar-refractivity contribution is 5.94. The van der Waals surface area contributed by atoms with Gasteiger partial charge in [-0.2, -0.15) is 0 Å². The van der Waals surface area contributed by atoms with E-state index in [0.717, 1.165) is 22.3 Å². The number of carbonyl (C=O) groups excluding carboxylic acids is 2. The number of nitrogens with one attached hydrogen (secondary N) is 1. The van der Waals surface area contributed by atoms with Crippen LogP contribution in [0.4, 0.5) is 5.69 Å². The van der Waals surface area contributed by atoms with Crippen molar-refractivity contribution in [3.05, 3.63) is 101 Å². The lowest BCUT2D eigenvalue weighted by atomic mass is 9.98. The number of benzene rings is 3. The molecule has 0 spiro atoms. The van der Waals surface area contributed by atoms with Crippen LogP contribution in [0.1, 0.15) is 67.9 Å². The maximum Gasteiger partial charge on any atom is 0.303 e. The number of carbonyl (C=O) groups is 2. The second-order valence-electron chi connectivity index (χ2n) is 10.7. The van der Waals surface area contributed by atoms with E-state index >= 15 is 0 Å². The van der Waals surface area contributed by atoms with E-state index in [1.807, 2.05) is 80.7 Å². The van der Waals surface area contributed by atoms with Crippen molar-refractivity contribution in [2.45, 2.75) is 70.5 Å². The molecule has 9 nitrogen and oxygen atoms in total. The summed E-state index contributed by atoms with van der Waals surface area (Å²) in [7, 11) is 1.98. The molecule has 1 fully saturated rings. The minimum Gasteiger partial charge on any atom is -0.453 e. The van der Waals surface area contributed by atoms with Crippen LogP contribution in [0, 0.1) is 0 Å². The number of aliphatic hydroxyl groups excluding tert-OH is 2. The van der Waals surface area contributed by atoms with E-state index in [-0.39, 0.29) is 24.9 Å². The minimum absolute atomic E-state index is 0.0326. The fraction of sp³-hybridized carbons (Fsp3) is 0.394. The van der Waals surface area contributed by atoms with Crippen LogP contribution < -0.4 is 5.32 Å². The Bertz CT molecular complexity index is 1300. The predicted octanol–water partition coefficient (Wildman–Crippen LogP) is 4.67. The molecule has 0 aliphatic carbocycles. The Morgan fingerprint density at radius 2 is 1.62 bits per heavy atom. The Hall–Kier alpha value is -3.60. The molecule has 0 aromatic heterocycles. The van der Waals surface area contributed by atoms with Crippen molar-refractivity contribution in [3.63, 3.8) is 0 Å². The van der Waals surface area contributed by atoms with Gasteiger partial charge >= 0.3 is 5.97 Å². The molecule has 6 atom stereocenters. The van der Waals surface area contributed by atoms with Crippen molar-refractivity contribution >= 4 is 17.6 Å². The van der Waals surface area contributed by atoms with Gasteiger partial charge in [0.05, 0.1) is 24.9 Å². The quantitative estimate of drug-likeness (QED) is 0.282. The Morgan fingerprint density at radius 3 is 2.24 bits per heavy atom. The van der Waals surface area contributed by atoms with Crippen LogP contribution in [0.5, 0.6) is 0 Å². The van der Waals surface area contributed by atoms with Gasteiger partial charge in [-0.15, -0.1) is 0 Å².